The van der Waals surface area contributed by atoms with Crippen LogP contribution in [0.15, 0.2) is 47.0 Å². The molecular formula is C14H18NNaO4S-2. The van der Waals surface area contributed by atoms with Crippen LogP contribution in [-0.2, 0) is 27.2 Å². The average molecular weight is 319 g/mol. The Labute approximate surface area is 153 Å². The van der Waals surface area contributed by atoms with E-state index in [0.29, 0.717) is 5.69 Å². The van der Waals surface area contributed by atoms with Gasteiger partial charge in [-0.1, -0.05) is 12.1 Å². The average Bonchev–Trinajstić information content (AvgIpc) is 2.49. The summed E-state index contributed by atoms with van der Waals surface area (Å²) in [5, 5.41) is 2.72. The number of nitrogens with zero attached hydrogens (tertiary/aromatic N) is 1. The minimum atomic E-state index is -0.470. The van der Waals surface area contributed by atoms with Crippen LogP contribution in [0.5, 0.6) is 0 Å². The molecule has 21 heavy (non-hydrogen) atoms. The molecule has 0 saturated carbocycles. The van der Waals surface area contributed by atoms with Crippen molar-refractivity contribution >= 4 is 24.3 Å². The fourth-order valence-corrected chi connectivity index (χ4v) is 0.773. The van der Waals surface area contributed by atoms with E-state index in [1.54, 1.807) is 37.3 Å². The van der Waals surface area contributed by atoms with Gasteiger partial charge in [-0.15, -0.1) is 17.6 Å². The van der Waals surface area contributed by atoms with Gasteiger partial charge in [0.25, 0.3) is 0 Å². The fourth-order valence-electron chi connectivity index (χ4n) is 0.637. The first-order valence-corrected chi connectivity index (χ1v) is 6.01. The van der Waals surface area contributed by atoms with Crippen LogP contribution in [0.3, 0.4) is 0 Å². The van der Waals surface area contributed by atoms with Crippen molar-refractivity contribution in [3.05, 3.63) is 55.2 Å². The molecule has 7 heteroatoms. The third-order valence-electron chi connectivity index (χ3n) is 1.55. The largest absolute Gasteiger partial charge is 1.00 e. The second kappa shape index (κ2) is 19.1. The van der Waals surface area contributed by atoms with Crippen LogP contribution in [0, 0.1) is 18.3 Å². The normalized spacial score (nSPS) is 7.57. The quantitative estimate of drug-likeness (QED) is 0.155. The Morgan fingerprint density at radius 2 is 1.95 bits per heavy atom. The van der Waals surface area contributed by atoms with E-state index in [9.17, 15) is 9.70 Å². The van der Waals surface area contributed by atoms with E-state index in [-0.39, 0.29) is 29.6 Å². The first-order chi connectivity index (χ1) is 9.55. The second-order valence-electron chi connectivity index (χ2n) is 3.02. The van der Waals surface area contributed by atoms with Gasteiger partial charge in [0.15, 0.2) is 0 Å². The van der Waals surface area contributed by atoms with Gasteiger partial charge in [-0.05, 0) is 17.3 Å². The molecule has 1 aromatic rings. The van der Waals surface area contributed by atoms with Gasteiger partial charge >= 0.3 is 29.6 Å². The molecule has 0 aliphatic heterocycles. The van der Waals surface area contributed by atoms with E-state index in [4.69, 9.17) is 12.6 Å². The number of rotatable bonds is 4. The van der Waals surface area contributed by atoms with Crippen molar-refractivity contribution in [3.8, 4) is 0 Å². The molecule has 0 atom stereocenters. The zero-order valence-electron chi connectivity index (χ0n) is 12.6. The Balaban J connectivity index is -0.000000244. The number of hydrogen-bond acceptors (Lipinski definition) is 6. The number of benzene rings is 1. The molecule has 0 fully saturated rings. The van der Waals surface area contributed by atoms with Crippen LogP contribution in [-0.4, -0.2) is 13.1 Å². The molecule has 0 amide bonds. The Bertz CT molecular complexity index is 385. The zero-order valence-corrected chi connectivity index (χ0v) is 15.4. The number of carbonyl (C=O) groups excluding carboxylic acids is 1. The molecule has 0 radical (unpaired) electrons. The maximum absolute atomic E-state index is 10.0. The summed E-state index contributed by atoms with van der Waals surface area (Å²) in [7, 11) is 1.28. The van der Waals surface area contributed by atoms with Gasteiger partial charge in [0, 0.05) is 0 Å². The predicted molar refractivity (Wildman–Crippen MR) is 80.8 cm³/mol. The smallest absolute Gasteiger partial charge is 0.780 e. The Morgan fingerprint density at radius 3 is 2.19 bits per heavy atom. The molecule has 0 spiro atoms. The van der Waals surface area contributed by atoms with Gasteiger partial charge in [-0.25, -0.2) is 0 Å². The topological polar surface area (TPSA) is 65.0 Å². The molecule has 0 bridgehead atoms. The number of allylic oxidation sites excluding steroid dienone is 1. The molecule has 0 aromatic heterocycles. The SMILES string of the molecule is C=CC[CH2-].C[CH-]C(=O)OOC.O=Nc1ccc([S-])cc1.[Na+]. The number of hydrogen-bond donors (Lipinski definition) is 0. The summed E-state index contributed by atoms with van der Waals surface area (Å²) in [5.41, 5.74) is 0.420. The molecule has 0 unspecified atom stereocenters. The van der Waals surface area contributed by atoms with Crippen LogP contribution in [0.2, 0.25) is 0 Å². The van der Waals surface area contributed by atoms with Gasteiger partial charge in [0.05, 0.1) is 7.11 Å². The van der Waals surface area contributed by atoms with Gasteiger partial charge in [-0.3, -0.25) is 11.2 Å². The first-order valence-electron chi connectivity index (χ1n) is 5.60. The van der Waals surface area contributed by atoms with Crippen molar-refractivity contribution in [3.63, 3.8) is 0 Å². The molecule has 112 valence electrons. The summed E-state index contributed by atoms with van der Waals surface area (Å²) < 4.78 is 0. The second-order valence-corrected chi connectivity index (χ2v) is 3.49. The van der Waals surface area contributed by atoms with Gasteiger partial charge in [0.2, 0.25) is 5.97 Å². The van der Waals surface area contributed by atoms with Crippen molar-refractivity contribution < 1.29 is 44.1 Å². The monoisotopic (exact) mass is 319 g/mol. The van der Waals surface area contributed by atoms with Crippen LogP contribution in [0.1, 0.15) is 13.3 Å². The maximum Gasteiger partial charge on any atom is 1.00 e. The molecule has 0 aliphatic carbocycles. The van der Waals surface area contributed by atoms with Crippen molar-refractivity contribution in [1.29, 1.82) is 0 Å². The molecule has 5 nitrogen and oxygen atoms in total. The third kappa shape index (κ3) is 19.1. The van der Waals surface area contributed by atoms with Gasteiger partial charge < -0.3 is 24.4 Å². The Hall–Kier alpha value is -0.920. The minimum absolute atomic E-state index is 0. The van der Waals surface area contributed by atoms with Crippen LogP contribution in [0.25, 0.3) is 0 Å². The van der Waals surface area contributed by atoms with E-state index in [0.717, 1.165) is 11.3 Å². The summed E-state index contributed by atoms with van der Waals surface area (Å²) in [5.74, 6) is -0.470. The molecule has 0 N–H and O–H groups in total. The summed E-state index contributed by atoms with van der Waals surface area (Å²) in [4.78, 5) is 28.6. The molecule has 0 heterocycles. The number of carbonyl (C=O) groups is 1. The first kappa shape index (κ1) is 25.1. The van der Waals surface area contributed by atoms with Crippen molar-refractivity contribution in [2.45, 2.75) is 18.2 Å². The van der Waals surface area contributed by atoms with Gasteiger partial charge in [0.1, 0.15) is 5.69 Å². The predicted octanol–water partition coefficient (Wildman–Crippen LogP) is 0.706. The summed E-state index contributed by atoms with van der Waals surface area (Å²) >= 11 is 4.78. The van der Waals surface area contributed by atoms with Crippen molar-refractivity contribution in [1.82, 2.24) is 0 Å². The van der Waals surface area contributed by atoms with E-state index in [1.807, 2.05) is 0 Å². The number of nitroso groups, excluding NO2 is 1. The van der Waals surface area contributed by atoms with E-state index in [2.05, 4.69) is 28.5 Å². The Morgan fingerprint density at radius 1 is 1.48 bits per heavy atom. The van der Waals surface area contributed by atoms with Gasteiger partial charge in [-0.2, -0.15) is 23.1 Å². The van der Waals surface area contributed by atoms with Crippen LogP contribution >= 0.6 is 0 Å². The molecular weight excluding hydrogens is 301 g/mol. The summed E-state index contributed by atoms with van der Waals surface area (Å²) in [6.07, 6.45) is 3.86. The standard InChI is InChI=1S/C6H5NOS.C4H7O3.C4H7.Na/c8-7-5-1-3-6(9)4-2-5;1-3-4(5)7-6-2;1-3-4-2;/h1-4,9H;3H,1-2H3;3H,1-2,4H2;/q;2*-1;+1/p-1. The van der Waals surface area contributed by atoms with E-state index in [1.165, 1.54) is 13.5 Å². The van der Waals surface area contributed by atoms with Crippen LogP contribution < -0.4 is 29.6 Å². The molecule has 1 aromatic carbocycles. The molecule has 0 aliphatic rings. The zero-order chi connectivity index (χ0) is 15.8. The van der Waals surface area contributed by atoms with E-state index < -0.39 is 5.97 Å². The van der Waals surface area contributed by atoms with Crippen molar-refractivity contribution in [2.75, 3.05) is 7.11 Å². The third-order valence-corrected chi connectivity index (χ3v) is 1.82. The Kier molecular flexibility index (Phi) is 22.8. The fraction of sp³-hybridized carbons (Fsp3) is 0.214. The molecule has 1 rings (SSSR count). The van der Waals surface area contributed by atoms with E-state index >= 15 is 0 Å². The van der Waals surface area contributed by atoms with Crippen molar-refractivity contribution in [2.24, 2.45) is 5.18 Å². The molecule has 0 saturated heterocycles. The summed E-state index contributed by atoms with van der Waals surface area (Å²) in [6, 6.07) is 6.53. The maximum atomic E-state index is 10.0. The minimum Gasteiger partial charge on any atom is -0.780 e. The summed E-state index contributed by atoms with van der Waals surface area (Å²) in [6.45, 7) is 8.47. The van der Waals surface area contributed by atoms with Crippen LogP contribution in [0.4, 0.5) is 5.69 Å².